The summed E-state index contributed by atoms with van der Waals surface area (Å²) >= 11 is 7.82. The molecule has 17 heteroatoms. The first-order chi connectivity index (χ1) is 26.9. The molecular weight excluding hydrogens is 760 g/mol. The van der Waals surface area contributed by atoms with Crippen molar-refractivity contribution in [2.24, 2.45) is 4.99 Å². The quantitative estimate of drug-likeness (QED) is 0.132. The Morgan fingerprint density at radius 1 is 0.946 bits per heavy atom. The summed E-state index contributed by atoms with van der Waals surface area (Å²) in [5.74, 6) is -1.57. The van der Waals surface area contributed by atoms with Crippen molar-refractivity contribution in [3.63, 3.8) is 0 Å². The monoisotopic (exact) mass is 798 g/mol. The van der Waals surface area contributed by atoms with E-state index in [4.69, 9.17) is 21.3 Å². The first-order valence-corrected chi connectivity index (χ1v) is 19.5. The fraction of sp³-hybridized carbons (Fsp3) is 0.359. The maximum absolute atomic E-state index is 13.3. The van der Waals surface area contributed by atoms with Gasteiger partial charge in [-0.15, -0.1) is 21.5 Å². The highest BCUT2D eigenvalue weighted by Gasteiger charge is 2.46. The second-order valence-electron chi connectivity index (χ2n) is 13.8. The molecule has 2 unspecified atom stereocenters. The molecule has 15 nitrogen and oxygen atoms in total. The van der Waals surface area contributed by atoms with Crippen LogP contribution in [0.1, 0.15) is 98.5 Å². The third kappa shape index (κ3) is 7.58. The van der Waals surface area contributed by atoms with Gasteiger partial charge in [0, 0.05) is 34.0 Å². The maximum atomic E-state index is 13.3. The lowest BCUT2D eigenvalue weighted by atomic mass is 9.99. The third-order valence-corrected chi connectivity index (χ3v) is 11.5. The van der Waals surface area contributed by atoms with E-state index in [0.29, 0.717) is 42.5 Å². The van der Waals surface area contributed by atoms with Crippen molar-refractivity contribution >= 4 is 64.1 Å². The number of carbonyl (C=O) groups excluding carboxylic acids is 6. The van der Waals surface area contributed by atoms with E-state index in [-0.39, 0.29) is 61.1 Å². The Hall–Kier alpha value is -5.74. The number of carbonyl (C=O) groups is 6. The summed E-state index contributed by atoms with van der Waals surface area (Å²) in [6.07, 6.45) is 1.99. The first-order valence-electron chi connectivity index (χ1n) is 18.3. The summed E-state index contributed by atoms with van der Waals surface area (Å²) in [5, 5.41) is 18.0. The summed E-state index contributed by atoms with van der Waals surface area (Å²) in [6.45, 7) is 6.41. The van der Waals surface area contributed by atoms with Gasteiger partial charge in [-0.05, 0) is 76.3 Å². The Labute approximate surface area is 330 Å². The van der Waals surface area contributed by atoms with Crippen LogP contribution in [0, 0.1) is 20.8 Å². The number of unbranched alkanes of at least 4 members (excludes halogenated alkanes) is 2. The number of hydrogen-bond donors (Lipinski definition) is 3. The maximum Gasteiger partial charge on any atom is 0.266 e. The van der Waals surface area contributed by atoms with E-state index in [1.54, 1.807) is 23.5 Å². The molecule has 290 valence electrons. The van der Waals surface area contributed by atoms with Crippen molar-refractivity contribution in [2.75, 3.05) is 19.7 Å². The number of nitrogens with zero attached hydrogens (tertiary/aromatic N) is 5. The predicted octanol–water partition coefficient (Wildman–Crippen LogP) is 4.07. The van der Waals surface area contributed by atoms with Crippen LogP contribution in [0.3, 0.4) is 0 Å². The zero-order valence-electron chi connectivity index (χ0n) is 30.9. The van der Waals surface area contributed by atoms with E-state index in [1.165, 1.54) is 6.07 Å². The molecule has 0 aliphatic carbocycles. The third-order valence-electron chi connectivity index (χ3n) is 10.0. The van der Waals surface area contributed by atoms with Gasteiger partial charge in [-0.25, -0.2) is 0 Å². The second kappa shape index (κ2) is 16.2. The molecule has 0 radical (unpaired) electrons. The van der Waals surface area contributed by atoms with Crippen molar-refractivity contribution in [1.29, 1.82) is 0 Å². The summed E-state index contributed by atoms with van der Waals surface area (Å²) in [5.41, 5.74) is 3.89. The minimum Gasteiger partial charge on any atom is -0.493 e. The van der Waals surface area contributed by atoms with E-state index in [1.807, 2.05) is 35.8 Å². The number of fused-ring (bicyclic) bond motifs is 4. The molecule has 6 amide bonds. The van der Waals surface area contributed by atoms with Gasteiger partial charge in [0.05, 0.1) is 36.4 Å². The van der Waals surface area contributed by atoms with Gasteiger partial charge in [-0.1, -0.05) is 29.8 Å². The summed E-state index contributed by atoms with van der Waals surface area (Å²) in [6, 6.07) is 10.4. The van der Waals surface area contributed by atoms with Crippen LogP contribution in [-0.2, 0) is 19.2 Å². The van der Waals surface area contributed by atoms with Crippen molar-refractivity contribution in [3.8, 4) is 10.8 Å². The topological polar surface area (TPSA) is 194 Å². The van der Waals surface area contributed by atoms with Crippen LogP contribution >= 0.6 is 22.9 Å². The molecular formula is C39H39ClN8O7S. The molecule has 3 aliphatic rings. The fourth-order valence-corrected chi connectivity index (χ4v) is 8.38. The normalized spacial score (nSPS) is 17.4. The molecule has 0 bridgehead atoms. The molecule has 7 rings (SSSR count). The Morgan fingerprint density at radius 3 is 2.50 bits per heavy atom. The van der Waals surface area contributed by atoms with Crippen molar-refractivity contribution < 1.29 is 33.5 Å². The molecule has 1 fully saturated rings. The lowest BCUT2D eigenvalue weighted by molar-refractivity contribution is -0.136. The highest BCUT2D eigenvalue weighted by molar-refractivity contribution is 7.15. The standard InChI is InChI=1S/C39H39ClN8O7S/c1-20-21(2)56-39-32(20)34(23-10-12-24(40)13-11-23)43-26(35-46-45-22(3)47(35)39)18-30(50)42-19-31(51)41-16-5-4-6-17-55-28-9-7-8-25-33(28)38(54)48(37(25)53)27-14-15-29(49)44-36(27)52/h7-13,26-27H,4-6,14-19H2,1-3H3,(H,41,51)(H,42,50)(H,44,49,52). The highest BCUT2D eigenvalue weighted by atomic mass is 35.5. The number of aliphatic imine (C=N–C) groups is 1. The number of aryl methyl sites for hydroxylation is 2. The van der Waals surface area contributed by atoms with Gasteiger partial charge in [0.15, 0.2) is 5.82 Å². The molecule has 3 N–H and O–H groups in total. The van der Waals surface area contributed by atoms with E-state index in [9.17, 15) is 28.8 Å². The number of piperidine rings is 1. The molecule has 56 heavy (non-hydrogen) atoms. The zero-order chi connectivity index (χ0) is 39.7. The molecule has 2 aromatic carbocycles. The number of imide groups is 2. The van der Waals surface area contributed by atoms with E-state index in [2.05, 4.69) is 40.0 Å². The Bertz CT molecular complexity index is 2300. The average Bonchev–Trinajstić information content (AvgIpc) is 3.75. The van der Waals surface area contributed by atoms with Gasteiger partial charge in [-0.2, -0.15) is 0 Å². The lowest BCUT2D eigenvalue weighted by Gasteiger charge is -2.27. The van der Waals surface area contributed by atoms with Gasteiger partial charge < -0.3 is 15.4 Å². The first kappa shape index (κ1) is 38.5. The fourth-order valence-electron chi connectivity index (χ4n) is 7.04. The minimum absolute atomic E-state index is 0.0352. The van der Waals surface area contributed by atoms with E-state index < -0.39 is 35.7 Å². The number of thiophene rings is 1. The number of halogens is 1. The van der Waals surface area contributed by atoms with Crippen LogP contribution in [0.25, 0.3) is 5.00 Å². The highest BCUT2D eigenvalue weighted by Crippen LogP contribution is 2.40. The van der Waals surface area contributed by atoms with Gasteiger partial charge in [0.2, 0.25) is 23.6 Å². The Kier molecular flexibility index (Phi) is 11.1. The van der Waals surface area contributed by atoms with E-state index >= 15 is 0 Å². The van der Waals surface area contributed by atoms with Crippen LogP contribution < -0.4 is 20.7 Å². The molecule has 2 atom stereocenters. The van der Waals surface area contributed by atoms with Crippen molar-refractivity contribution in [3.05, 3.63) is 91.8 Å². The zero-order valence-corrected chi connectivity index (χ0v) is 32.5. The number of amides is 6. The summed E-state index contributed by atoms with van der Waals surface area (Å²) < 4.78 is 7.85. The SMILES string of the molecule is Cc1sc2c(c1C)C(c1ccc(Cl)cc1)=NC(CC(=O)NCC(=O)NCCCCCOc1cccc3c1C(=O)N(C1CCC(=O)NC1=O)C3=O)c1nnc(C)n1-2. The Morgan fingerprint density at radius 2 is 1.73 bits per heavy atom. The molecule has 3 aliphatic heterocycles. The van der Waals surface area contributed by atoms with Crippen LogP contribution in [0.4, 0.5) is 0 Å². The summed E-state index contributed by atoms with van der Waals surface area (Å²) in [7, 11) is 0. The van der Waals surface area contributed by atoms with Crippen molar-refractivity contribution in [2.45, 2.75) is 71.4 Å². The molecule has 1 saturated heterocycles. The second-order valence-corrected chi connectivity index (χ2v) is 15.4. The number of aromatic nitrogens is 3. The van der Waals surface area contributed by atoms with Crippen LogP contribution in [0.15, 0.2) is 47.5 Å². The number of hydrogen-bond acceptors (Lipinski definition) is 11. The molecule has 0 spiro atoms. The molecule has 0 saturated carbocycles. The van der Waals surface area contributed by atoms with Gasteiger partial charge in [0.25, 0.3) is 11.8 Å². The number of nitrogens with one attached hydrogen (secondary N) is 3. The predicted molar refractivity (Wildman–Crippen MR) is 206 cm³/mol. The van der Waals surface area contributed by atoms with Crippen LogP contribution in [0.5, 0.6) is 5.75 Å². The summed E-state index contributed by atoms with van der Waals surface area (Å²) in [4.78, 5) is 83.3. The van der Waals surface area contributed by atoms with Gasteiger partial charge in [-0.3, -0.25) is 48.5 Å². The lowest BCUT2D eigenvalue weighted by Crippen LogP contribution is -2.54. The molecule has 2 aromatic heterocycles. The van der Waals surface area contributed by atoms with Gasteiger partial charge in [0.1, 0.15) is 28.7 Å². The van der Waals surface area contributed by atoms with Crippen LogP contribution in [0.2, 0.25) is 5.02 Å². The minimum atomic E-state index is -1.06. The molecule has 5 heterocycles. The average molecular weight is 799 g/mol. The van der Waals surface area contributed by atoms with Crippen molar-refractivity contribution in [1.82, 2.24) is 35.6 Å². The van der Waals surface area contributed by atoms with Gasteiger partial charge >= 0.3 is 0 Å². The smallest absolute Gasteiger partial charge is 0.266 e. The van der Waals surface area contributed by atoms with E-state index in [0.717, 1.165) is 37.2 Å². The Balaban J connectivity index is 0.883. The number of ether oxygens (including phenoxy) is 1. The van der Waals surface area contributed by atoms with Crippen LogP contribution in [-0.4, -0.2) is 86.6 Å². The number of rotatable bonds is 13. The number of benzene rings is 2. The molecule has 4 aromatic rings. The largest absolute Gasteiger partial charge is 0.493 e.